The van der Waals surface area contributed by atoms with Crippen LogP contribution in [0.1, 0.15) is 55.7 Å². The number of rotatable bonds is 5. The molecule has 3 heterocycles. The molecule has 8 nitrogen and oxygen atoms in total. The van der Waals surface area contributed by atoms with Gasteiger partial charge in [-0.1, -0.05) is 29.3 Å². The number of ether oxygens (including phenoxy) is 1. The molecule has 0 radical (unpaired) electrons. The fourth-order valence-electron chi connectivity index (χ4n) is 6.47. The van der Waals surface area contributed by atoms with Gasteiger partial charge >= 0.3 is 12.3 Å². The van der Waals surface area contributed by atoms with Crippen LogP contribution in [0.4, 0.5) is 23.8 Å². The summed E-state index contributed by atoms with van der Waals surface area (Å²) >= 11 is 12.5. The maximum Gasteiger partial charge on any atom is 0.410 e. The number of likely N-dealkylation sites (tertiary alicyclic amines) is 1. The number of benzene rings is 1. The third-order valence-electron chi connectivity index (χ3n) is 9.11. The van der Waals surface area contributed by atoms with Crippen LogP contribution in [0.2, 0.25) is 10.0 Å². The number of hydrogen-bond donors (Lipinski definition) is 0. The van der Waals surface area contributed by atoms with E-state index in [9.17, 15) is 22.8 Å². The fourth-order valence-corrected chi connectivity index (χ4v) is 6.78. The zero-order chi connectivity index (χ0) is 30.9. The Morgan fingerprint density at radius 3 is 2.26 bits per heavy atom. The summed E-state index contributed by atoms with van der Waals surface area (Å²) in [4.78, 5) is 32.4. The Morgan fingerprint density at radius 2 is 1.65 bits per heavy atom. The number of carbonyl (C=O) groups is 2. The van der Waals surface area contributed by atoms with Gasteiger partial charge in [-0.25, -0.2) is 4.79 Å². The maximum atomic E-state index is 13.8. The molecular weight excluding hydrogens is 606 g/mol. The molecule has 43 heavy (non-hydrogen) atoms. The zero-order valence-corrected chi connectivity index (χ0v) is 25.7. The highest BCUT2D eigenvalue weighted by atomic mass is 35.5. The third-order valence-corrected chi connectivity index (χ3v) is 9.85. The van der Waals surface area contributed by atoms with Crippen molar-refractivity contribution in [3.05, 3.63) is 51.6 Å². The second kappa shape index (κ2) is 13.1. The summed E-state index contributed by atoms with van der Waals surface area (Å²) in [5.74, 6) is -0.937. The van der Waals surface area contributed by atoms with Gasteiger partial charge in [-0.15, -0.1) is 5.10 Å². The first-order valence-corrected chi connectivity index (χ1v) is 15.5. The summed E-state index contributed by atoms with van der Waals surface area (Å²) in [6, 6.07) is 8.74. The van der Waals surface area contributed by atoms with Gasteiger partial charge in [0.25, 0.3) is 0 Å². The first-order valence-electron chi connectivity index (χ1n) is 14.7. The molecule has 2 saturated heterocycles. The van der Waals surface area contributed by atoms with Gasteiger partial charge in [0.1, 0.15) is 6.10 Å². The lowest BCUT2D eigenvalue weighted by Crippen LogP contribution is -2.45. The van der Waals surface area contributed by atoms with Crippen LogP contribution in [0, 0.1) is 18.8 Å². The zero-order valence-electron chi connectivity index (χ0n) is 24.2. The number of nitrogens with zero attached hydrogens (tertiary/aromatic N) is 5. The Bertz CT molecular complexity index is 1300. The average molecular weight is 643 g/mol. The first-order chi connectivity index (χ1) is 20.4. The van der Waals surface area contributed by atoms with Gasteiger partial charge in [0.05, 0.1) is 27.7 Å². The number of piperidine rings is 1. The third kappa shape index (κ3) is 7.30. The minimum atomic E-state index is -4.23. The van der Waals surface area contributed by atoms with E-state index in [1.165, 1.54) is 4.90 Å². The number of carbonyl (C=O) groups excluding carboxylic acids is 2. The van der Waals surface area contributed by atoms with E-state index in [2.05, 4.69) is 15.1 Å². The summed E-state index contributed by atoms with van der Waals surface area (Å²) in [5.41, 5.74) is 1.68. The lowest BCUT2D eigenvalue weighted by Gasteiger charge is -2.34. The van der Waals surface area contributed by atoms with Crippen molar-refractivity contribution >= 4 is 41.0 Å². The van der Waals surface area contributed by atoms with Gasteiger partial charge in [0, 0.05) is 45.1 Å². The largest absolute Gasteiger partial charge is 0.446 e. The molecule has 1 aromatic heterocycles. The summed E-state index contributed by atoms with van der Waals surface area (Å²) in [6.07, 6.45) is -3.84. The van der Waals surface area contributed by atoms with Crippen LogP contribution >= 0.6 is 23.2 Å². The summed E-state index contributed by atoms with van der Waals surface area (Å²) < 4.78 is 45.0. The van der Waals surface area contributed by atoms with E-state index >= 15 is 0 Å². The molecule has 5 rings (SSSR count). The highest BCUT2D eigenvalue weighted by Gasteiger charge is 2.44. The second-order valence-electron chi connectivity index (χ2n) is 11.9. The molecule has 2 amide bonds. The highest BCUT2D eigenvalue weighted by molar-refractivity contribution is 6.42. The minimum absolute atomic E-state index is 0.0365. The molecule has 2 unspecified atom stereocenters. The van der Waals surface area contributed by atoms with E-state index in [0.29, 0.717) is 49.1 Å². The van der Waals surface area contributed by atoms with E-state index in [1.54, 1.807) is 19.2 Å². The van der Waals surface area contributed by atoms with Crippen LogP contribution in [0.5, 0.6) is 0 Å². The van der Waals surface area contributed by atoms with E-state index in [4.69, 9.17) is 27.9 Å². The van der Waals surface area contributed by atoms with Crippen molar-refractivity contribution in [1.29, 1.82) is 0 Å². The number of likely N-dealkylation sites (N-methyl/N-ethyl adjacent to an activating group) is 1. The average Bonchev–Trinajstić information content (AvgIpc) is 3.43. The van der Waals surface area contributed by atoms with E-state index in [0.717, 1.165) is 17.1 Å². The predicted octanol–water partition coefficient (Wildman–Crippen LogP) is 6.49. The normalized spacial score (nSPS) is 25.1. The topological polar surface area (TPSA) is 78.9 Å². The van der Waals surface area contributed by atoms with Gasteiger partial charge in [0.15, 0.2) is 5.82 Å². The molecule has 0 bridgehead atoms. The number of amides is 2. The molecule has 13 heteroatoms. The number of alkyl halides is 3. The number of anilines is 1. The lowest BCUT2D eigenvalue weighted by molar-refractivity contribution is -0.186. The smallest absolute Gasteiger partial charge is 0.410 e. The van der Waals surface area contributed by atoms with Gasteiger partial charge < -0.3 is 19.4 Å². The Hall–Kier alpha value is -2.79. The van der Waals surface area contributed by atoms with Crippen molar-refractivity contribution in [2.45, 2.75) is 69.7 Å². The summed E-state index contributed by atoms with van der Waals surface area (Å²) in [5, 5.41) is 9.18. The quantitative estimate of drug-likeness (QED) is 0.371. The summed E-state index contributed by atoms with van der Waals surface area (Å²) in [7, 11) is 1.62. The van der Waals surface area contributed by atoms with Crippen molar-refractivity contribution < 1.29 is 27.5 Å². The van der Waals surface area contributed by atoms with Gasteiger partial charge in [-0.05, 0) is 75.3 Å². The highest BCUT2D eigenvalue weighted by Crippen LogP contribution is 2.39. The monoisotopic (exact) mass is 641 g/mol. The molecule has 2 atom stereocenters. The number of aromatic nitrogens is 2. The van der Waals surface area contributed by atoms with Gasteiger partial charge in [-0.2, -0.15) is 18.3 Å². The Morgan fingerprint density at radius 1 is 0.953 bits per heavy atom. The molecule has 234 valence electrons. The van der Waals surface area contributed by atoms with Crippen molar-refractivity contribution in [2.24, 2.45) is 11.8 Å². The molecule has 1 saturated carbocycles. The maximum absolute atomic E-state index is 13.8. The van der Waals surface area contributed by atoms with Crippen LogP contribution in [0.3, 0.4) is 0 Å². The van der Waals surface area contributed by atoms with Crippen LogP contribution in [-0.2, 0) is 9.53 Å². The molecular formula is C30H36Cl2F3N5O3. The molecule has 1 aromatic carbocycles. The number of halogens is 5. The molecule has 2 aromatic rings. The van der Waals surface area contributed by atoms with Crippen molar-refractivity contribution in [3.8, 4) is 0 Å². The van der Waals surface area contributed by atoms with Crippen LogP contribution in [0.25, 0.3) is 0 Å². The first kappa shape index (κ1) is 31.6. The Balaban J connectivity index is 1.25. The molecule has 2 aliphatic heterocycles. The molecule has 3 aliphatic rings. The minimum Gasteiger partial charge on any atom is -0.446 e. The van der Waals surface area contributed by atoms with Gasteiger partial charge in [0.2, 0.25) is 5.91 Å². The SMILES string of the molecule is Cc1ccc(N2CCC(C(=O)N3CC(c4ccc(Cl)c(Cl)c4)C(N(C)C(=O)OC4CCC(C(F)(F)F)CC4)C3)CC2)nn1. The van der Waals surface area contributed by atoms with Crippen LogP contribution in [-0.4, -0.2) is 83.5 Å². The van der Waals surface area contributed by atoms with Crippen molar-refractivity contribution in [3.63, 3.8) is 0 Å². The summed E-state index contributed by atoms with van der Waals surface area (Å²) in [6.45, 7) is 3.95. The predicted molar refractivity (Wildman–Crippen MR) is 157 cm³/mol. The fraction of sp³-hybridized carbons (Fsp3) is 0.600. The van der Waals surface area contributed by atoms with Crippen molar-refractivity contribution in [2.75, 3.05) is 38.1 Å². The van der Waals surface area contributed by atoms with E-state index in [-0.39, 0.29) is 43.4 Å². The lowest BCUT2D eigenvalue weighted by atomic mass is 9.87. The standard InChI is InChI=1S/C30H36Cl2F3N5O3/c1-18-3-10-27(37-36-18)39-13-11-19(12-14-39)28(41)40-16-23(20-4-9-24(31)25(32)15-20)26(17-40)38(2)29(42)43-22-7-5-21(6-8-22)30(33,34)35/h3-4,9-10,15,19,21-23,26H,5-8,11-14,16-17H2,1-2H3. The number of hydrogen-bond acceptors (Lipinski definition) is 6. The number of aryl methyl sites for hydroxylation is 1. The van der Waals surface area contributed by atoms with Gasteiger partial charge in [-0.3, -0.25) is 4.79 Å². The molecule has 3 fully saturated rings. The molecule has 1 aliphatic carbocycles. The van der Waals surface area contributed by atoms with Crippen LogP contribution in [0.15, 0.2) is 30.3 Å². The van der Waals surface area contributed by atoms with E-state index in [1.807, 2.05) is 30.0 Å². The Labute approximate surface area is 259 Å². The van der Waals surface area contributed by atoms with E-state index < -0.39 is 30.3 Å². The molecule has 0 N–H and O–H groups in total. The second-order valence-corrected chi connectivity index (χ2v) is 12.7. The Kier molecular flexibility index (Phi) is 9.61. The van der Waals surface area contributed by atoms with Crippen molar-refractivity contribution in [1.82, 2.24) is 20.0 Å². The van der Waals surface area contributed by atoms with Crippen LogP contribution < -0.4 is 4.90 Å². The molecule has 0 spiro atoms.